The van der Waals surface area contributed by atoms with Gasteiger partial charge in [0.2, 0.25) is 5.91 Å². The maximum atomic E-state index is 12.6. The Morgan fingerprint density at radius 3 is 2.91 bits per heavy atom. The fourth-order valence-corrected chi connectivity index (χ4v) is 3.51. The topological polar surface area (TPSA) is 68.3 Å². The van der Waals surface area contributed by atoms with E-state index in [2.05, 4.69) is 10.3 Å². The summed E-state index contributed by atoms with van der Waals surface area (Å²) in [6.45, 7) is 0. The maximum absolute atomic E-state index is 12.6. The van der Waals surface area contributed by atoms with Gasteiger partial charge in [-0.1, -0.05) is 12.1 Å². The van der Waals surface area contributed by atoms with Crippen LogP contribution in [0, 0.1) is 0 Å². The Bertz CT molecular complexity index is 815. The summed E-state index contributed by atoms with van der Waals surface area (Å²) in [5, 5.41) is 2.87. The Hall–Kier alpha value is -2.69. The number of aromatic nitrogens is 1. The molecule has 1 N–H and O–H groups in total. The van der Waals surface area contributed by atoms with Crippen molar-refractivity contribution in [2.75, 3.05) is 12.4 Å². The van der Waals surface area contributed by atoms with Crippen molar-refractivity contribution in [1.82, 2.24) is 4.98 Å². The number of ether oxygens (including phenoxy) is 1. The van der Waals surface area contributed by atoms with Gasteiger partial charge in [-0.05, 0) is 42.2 Å². The number of nitrogens with zero attached hydrogens (tertiary/aromatic N) is 1. The number of nitrogens with one attached hydrogen (secondary N) is 1. The molecule has 2 heterocycles. The largest absolute Gasteiger partial charge is 0.465 e. The first kappa shape index (κ1) is 13.0. The van der Waals surface area contributed by atoms with E-state index in [1.54, 1.807) is 12.3 Å². The van der Waals surface area contributed by atoms with Crippen LogP contribution in [0.3, 0.4) is 0 Å². The number of carbonyl (C=O) groups is 2. The number of pyridine rings is 1. The fraction of sp³-hybridized carbons (Fsp3) is 0.235. The summed E-state index contributed by atoms with van der Waals surface area (Å²) in [5.41, 5.74) is 2.98. The second kappa shape index (κ2) is 4.40. The average Bonchev–Trinajstić information content (AvgIpc) is 3.05. The molecule has 0 bridgehead atoms. The number of benzene rings is 1. The van der Waals surface area contributed by atoms with Crippen LogP contribution in [0.4, 0.5) is 5.82 Å². The van der Waals surface area contributed by atoms with Crippen molar-refractivity contribution in [3.8, 4) is 0 Å². The van der Waals surface area contributed by atoms with Crippen LogP contribution >= 0.6 is 0 Å². The van der Waals surface area contributed by atoms with Gasteiger partial charge in [0.25, 0.3) is 0 Å². The number of esters is 1. The van der Waals surface area contributed by atoms with E-state index in [1.165, 1.54) is 7.11 Å². The molecule has 1 spiro atoms. The molecule has 1 aromatic carbocycles. The standard InChI is InChI=1S/C17H14N2O3/c1-22-15(20)10-4-5-11-8-17(9-12(11)7-10)13-3-2-6-18-14(13)19-16(17)21/h2-7H,8-9H2,1H3,(H,18,19,21). The number of carbonyl (C=O) groups excluding carboxylic acids is 2. The second-order valence-corrected chi connectivity index (χ2v) is 5.76. The number of amides is 1. The molecular formula is C17H14N2O3. The summed E-state index contributed by atoms with van der Waals surface area (Å²) in [4.78, 5) is 28.5. The molecule has 1 atom stereocenters. The van der Waals surface area contributed by atoms with Crippen molar-refractivity contribution in [1.29, 1.82) is 0 Å². The molecule has 110 valence electrons. The predicted octanol–water partition coefficient (Wildman–Crippen LogP) is 1.86. The lowest BCUT2D eigenvalue weighted by Gasteiger charge is -2.20. The highest BCUT2D eigenvalue weighted by Crippen LogP contribution is 2.46. The van der Waals surface area contributed by atoms with E-state index >= 15 is 0 Å². The highest BCUT2D eigenvalue weighted by molar-refractivity contribution is 6.06. The molecule has 2 aliphatic rings. The summed E-state index contributed by atoms with van der Waals surface area (Å²) in [6.07, 6.45) is 2.89. The minimum absolute atomic E-state index is 0.0166. The first-order valence-electron chi connectivity index (χ1n) is 7.11. The summed E-state index contributed by atoms with van der Waals surface area (Å²) < 4.78 is 4.76. The van der Waals surface area contributed by atoms with Crippen LogP contribution in [0.25, 0.3) is 0 Å². The third-order valence-corrected chi connectivity index (χ3v) is 4.60. The Labute approximate surface area is 127 Å². The van der Waals surface area contributed by atoms with Crippen molar-refractivity contribution >= 4 is 17.7 Å². The number of hydrogen-bond donors (Lipinski definition) is 1. The van der Waals surface area contributed by atoms with Gasteiger partial charge in [0.1, 0.15) is 5.82 Å². The third kappa shape index (κ3) is 1.62. The van der Waals surface area contributed by atoms with Crippen LogP contribution in [0.2, 0.25) is 0 Å². The van der Waals surface area contributed by atoms with E-state index in [0.717, 1.165) is 16.7 Å². The van der Waals surface area contributed by atoms with Gasteiger partial charge in [-0.15, -0.1) is 0 Å². The van der Waals surface area contributed by atoms with Crippen LogP contribution in [-0.4, -0.2) is 24.0 Å². The second-order valence-electron chi connectivity index (χ2n) is 5.76. The number of fused-ring (bicyclic) bond motifs is 3. The highest BCUT2D eigenvalue weighted by atomic mass is 16.5. The van der Waals surface area contributed by atoms with Crippen molar-refractivity contribution in [3.05, 3.63) is 58.8 Å². The maximum Gasteiger partial charge on any atom is 0.337 e. The Balaban J connectivity index is 1.79. The molecule has 0 radical (unpaired) electrons. The minimum Gasteiger partial charge on any atom is -0.465 e. The molecule has 5 heteroatoms. The molecule has 22 heavy (non-hydrogen) atoms. The first-order chi connectivity index (χ1) is 10.6. The molecule has 1 amide bonds. The molecule has 0 saturated heterocycles. The van der Waals surface area contributed by atoms with E-state index in [1.807, 2.05) is 24.3 Å². The monoisotopic (exact) mass is 294 g/mol. The Kier molecular flexibility index (Phi) is 2.60. The van der Waals surface area contributed by atoms with Crippen LogP contribution in [0.5, 0.6) is 0 Å². The van der Waals surface area contributed by atoms with E-state index in [-0.39, 0.29) is 11.9 Å². The van der Waals surface area contributed by atoms with Gasteiger partial charge in [0.15, 0.2) is 0 Å². The number of rotatable bonds is 1. The minimum atomic E-state index is -0.597. The SMILES string of the molecule is COC(=O)c1ccc2c(c1)CC1(C2)C(=O)Nc2ncccc21. The number of hydrogen-bond acceptors (Lipinski definition) is 4. The quantitative estimate of drug-likeness (QED) is 0.815. The molecule has 5 nitrogen and oxygen atoms in total. The lowest BCUT2D eigenvalue weighted by Crippen LogP contribution is -2.35. The van der Waals surface area contributed by atoms with Gasteiger partial charge >= 0.3 is 5.97 Å². The summed E-state index contributed by atoms with van der Waals surface area (Å²) in [7, 11) is 1.36. The summed E-state index contributed by atoms with van der Waals surface area (Å²) in [6, 6.07) is 9.30. The van der Waals surface area contributed by atoms with Gasteiger partial charge in [-0.3, -0.25) is 4.79 Å². The highest BCUT2D eigenvalue weighted by Gasteiger charge is 2.51. The van der Waals surface area contributed by atoms with E-state index in [4.69, 9.17) is 4.74 Å². The van der Waals surface area contributed by atoms with Crippen LogP contribution < -0.4 is 5.32 Å². The number of anilines is 1. The molecule has 2 aromatic rings. The van der Waals surface area contributed by atoms with Crippen molar-refractivity contribution in [2.45, 2.75) is 18.3 Å². The van der Waals surface area contributed by atoms with E-state index < -0.39 is 5.41 Å². The molecule has 0 fully saturated rings. The van der Waals surface area contributed by atoms with Crippen LogP contribution in [0.15, 0.2) is 36.5 Å². The fourth-order valence-electron chi connectivity index (χ4n) is 3.51. The molecule has 4 rings (SSSR count). The Morgan fingerprint density at radius 2 is 2.09 bits per heavy atom. The first-order valence-corrected chi connectivity index (χ1v) is 7.11. The molecule has 1 aliphatic carbocycles. The number of methoxy groups -OCH3 is 1. The van der Waals surface area contributed by atoms with E-state index in [9.17, 15) is 9.59 Å². The van der Waals surface area contributed by atoms with Gasteiger partial charge in [-0.2, -0.15) is 0 Å². The average molecular weight is 294 g/mol. The summed E-state index contributed by atoms with van der Waals surface area (Å²) >= 11 is 0. The van der Waals surface area contributed by atoms with Gasteiger partial charge in [0, 0.05) is 11.8 Å². The lowest BCUT2D eigenvalue weighted by molar-refractivity contribution is -0.120. The van der Waals surface area contributed by atoms with Crippen molar-refractivity contribution < 1.29 is 14.3 Å². The van der Waals surface area contributed by atoms with Gasteiger partial charge in [0.05, 0.1) is 18.1 Å². The zero-order valence-corrected chi connectivity index (χ0v) is 12.1. The zero-order valence-electron chi connectivity index (χ0n) is 12.1. The molecule has 0 saturated carbocycles. The van der Waals surface area contributed by atoms with Gasteiger partial charge < -0.3 is 10.1 Å². The van der Waals surface area contributed by atoms with Crippen LogP contribution in [0.1, 0.15) is 27.0 Å². The molecular weight excluding hydrogens is 280 g/mol. The predicted molar refractivity (Wildman–Crippen MR) is 79.7 cm³/mol. The molecule has 1 aromatic heterocycles. The third-order valence-electron chi connectivity index (χ3n) is 4.60. The van der Waals surface area contributed by atoms with E-state index in [0.29, 0.717) is 24.2 Å². The smallest absolute Gasteiger partial charge is 0.337 e. The molecule has 1 aliphatic heterocycles. The van der Waals surface area contributed by atoms with Gasteiger partial charge in [-0.25, -0.2) is 9.78 Å². The molecule has 1 unspecified atom stereocenters. The Morgan fingerprint density at radius 1 is 1.27 bits per heavy atom. The van der Waals surface area contributed by atoms with Crippen molar-refractivity contribution in [2.24, 2.45) is 0 Å². The normalized spacial score (nSPS) is 21.4. The summed E-state index contributed by atoms with van der Waals surface area (Å²) in [5.74, 6) is 0.271. The van der Waals surface area contributed by atoms with Crippen LogP contribution in [-0.2, 0) is 27.8 Å². The van der Waals surface area contributed by atoms with Crippen molar-refractivity contribution in [3.63, 3.8) is 0 Å². The lowest BCUT2D eigenvalue weighted by atomic mass is 9.79. The zero-order chi connectivity index (χ0) is 15.3.